The normalized spacial score (nSPS) is 11.9. The van der Waals surface area contributed by atoms with Crippen LogP contribution in [0, 0.1) is 5.82 Å². The lowest BCUT2D eigenvalue weighted by Crippen LogP contribution is -2.26. The zero-order valence-corrected chi connectivity index (χ0v) is 15.3. The molecule has 0 aliphatic heterocycles. The van der Waals surface area contributed by atoms with Gasteiger partial charge in [-0.2, -0.15) is 0 Å². The summed E-state index contributed by atoms with van der Waals surface area (Å²) < 4.78 is 19.2. The molecule has 1 atom stereocenters. The van der Waals surface area contributed by atoms with E-state index in [2.05, 4.69) is 5.32 Å². The molecule has 0 fully saturated rings. The number of hydrogen-bond donors (Lipinski definition) is 1. The average Bonchev–Trinajstić information content (AvgIpc) is 3.13. The fraction of sp³-hybridized carbons (Fsp3) is 0.190. The molecule has 0 saturated carbocycles. The fourth-order valence-electron chi connectivity index (χ4n) is 2.55. The number of thioether (sulfide) groups is 1. The number of hydrogen-bond acceptors (Lipinski definition) is 3. The van der Waals surface area contributed by atoms with Crippen molar-refractivity contribution in [3.63, 3.8) is 0 Å². The second-order valence-electron chi connectivity index (χ2n) is 5.96. The second-order valence-corrected chi connectivity index (χ2v) is 6.94. The number of amides is 1. The molecule has 3 nitrogen and oxygen atoms in total. The summed E-state index contributed by atoms with van der Waals surface area (Å²) in [7, 11) is 0. The Balaban J connectivity index is 1.52. The SMILES string of the molecule is C[C@@H](NC(=O)c1ccc(CSCc2ccccc2F)o1)c1ccccc1. The quantitative estimate of drug-likeness (QED) is 0.611. The first-order valence-electron chi connectivity index (χ1n) is 8.39. The number of carbonyl (C=O) groups is 1. The molecule has 5 heteroatoms. The van der Waals surface area contributed by atoms with Crippen LogP contribution in [0.1, 0.15) is 40.4 Å². The molecule has 1 heterocycles. The van der Waals surface area contributed by atoms with Crippen LogP contribution in [-0.4, -0.2) is 5.91 Å². The van der Waals surface area contributed by atoms with E-state index < -0.39 is 0 Å². The van der Waals surface area contributed by atoms with Gasteiger partial charge in [-0.3, -0.25) is 4.79 Å². The standard InChI is InChI=1S/C21H20FNO2S/c1-15(16-7-3-2-4-8-16)23-21(24)20-12-11-18(25-20)14-26-13-17-9-5-6-10-19(17)22/h2-12,15H,13-14H2,1H3,(H,23,24)/t15-/m1/s1. The van der Waals surface area contributed by atoms with E-state index in [9.17, 15) is 9.18 Å². The Morgan fingerprint density at radius 3 is 2.54 bits per heavy atom. The zero-order chi connectivity index (χ0) is 18.4. The molecule has 2 aromatic carbocycles. The maximum atomic E-state index is 13.6. The van der Waals surface area contributed by atoms with Crippen molar-refractivity contribution in [2.45, 2.75) is 24.5 Å². The van der Waals surface area contributed by atoms with Crippen LogP contribution >= 0.6 is 11.8 Å². The smallest absolute Gasteiger partial charge is 0.287 e. The van der Waals surface area contributed by atoms with E-state index in [0.29, 0.717) is 22.8 Å². The number of rotatable bonds is 7. The van der Waals surface area contributed by atoms with Gasteiger partial charge in [0.25, 0.3) is 5.91 Å². The van der Waals surface area contributed by atoms with E-state index >= 15 is 0 Å². The highest BCUT2D eigenvalue weighted by Gasteiger charge is 2.15. The van der Waals surface area contributed by atoms with Gasteiger partial charge in [0.05, 0.1) is 11.8 Å². The van der Waals surface area contributed by atoms with E-state index in [-0.39, 0.29) is 23.5 Å². The van der Waals surface area contributed by atoms with Gasteiger partial charge >= 0.3 is 0 Å². The van der Waals surface area contributed by atoms with Gasteiger partial charge in [0, 0.05) is 5.75 Å². The van der Waals surface area contributed by atoms with Crippen molar-refractivity contribution in [3.8, 4) is 0 Å². The molecule has 1 amide bonds. The molecule has 3 rings (SSSR count). The molecule has 134 valence electrons. The molecule has 0 bridgehead atoms. The Morgan fingerprint density at radius 2 is 1.77 bits per heavy atom. The fourth-order valence-corrected chi connectivity index (χ4v) is 3.46. The summed E-state index contributed by atoms with van der Waals surface area (Å²) in [4.78, 5) is 12.3. The van der Waals surface area contributed by atoms with Crippen LogP contribution in [0.15, 0.2) is 71.1 Å². The lowest BCUT2D eigenvalue weighted by molar-refractivity contribution is 0.0910. The van der Waals surface area contributed by atoms with Gasteiger partial charge in [0.2, 0.25) is 0 Å². The van der Waals surface area contributed by atoms with Gasteiger partial charge < -0.3 is 9.73 Å². The monoisotopic (exact) mass is 369 g/mol. The lowest BCUT2D eigenvalue weighted by atomic mass is 10.1. The Kier molecular flexibility index (Phi) is 6.12. The first kappa shape index (κ1) is 18.3. The molecule has 0 radical (unpaired) electrons. The summed E-state index contributed by atoms with van der Waals surface area (Å²) in [5, 5.41) is 2.93. The topological polar surface area (TPSA) is 42.2 Å². The van der Waals surface area contributed by atoms with E-state index in [1.165, 1.54) is 6.07 Å². The van der Waals surface area contributed by atoms with Gasteiger partial charge in [-0.25, -0.2) is 4.39 Å². The third-order valence-electron chi connectivity index (χ3n) is 3.99. The minimum atomic E-state index is -0.244. The first-order valence-corrected chi connectivity index (χ1v) is 9.54. The second kappa shape index (κ2) is 8.72. The minimum absolute atomic E-state index is 0.104. The summed E-state index contributed by atoms with van der Waals surface area (Å²) >= 11 is 1.54. The summed E-state index contributed by atoms with van der Waals surface area (Å²) in [6.07, 6.45) is 0. The van der Waals surface area contributed by atoms with Crippen molar-refractivity contribution >= 4 is 17.7 Å². The summed E-state index contributed by atoms with van der Waals surface area (Å²) in [6, 6.07) is 19.8. The van der Waals surface area contributed by atoms with Crippen molar-refractivity contribution in [2.75, 3.05) is 0 Å². The molecule has 1 N–H and O–H groups in total. The molecule has 26 heavy (non-hydrogen) atoms. The van der Waals surface area contributed by atoms with Gasteiger partial charge in [-0.15, -0.1) is 11.8 Å². The molecule has 0 aliphatic carbocycles. The van der Waals surface area contributed by atoms with Gasteiger partial charge in [0.1, 0.15) is 11.6 Å². The Labute approximate surface area is 156 Å². The van der Waals surface area contributed by atoms with Gasteiger partial charge in [-0.05, 0) is 36.2 Å². The predicted molar refractivity (Wildman–Crippen MR) is 102 cm³/mol. The highest BCUT2D eigenvalue weighted by atomic mass is 32.2. The van der Waals surface area contributed by atoms with Crippen molar-refractivity contribution in [3.05, 3.63) is 95.2 Å². The highest BCUT2D eigenvalue weighted by molar-refractivity contribution is 7.97. The van der Waals surface area contributed by atoms with Crippen molar-refractivity contribution < 1.29 is 13.6 Å². The third kappa shape index (κ3) is 4.76. The lowest BCUT2D eigenvalue weighted by Gasteiger charge is -2.13. The number of carbonyl (C=O) groups excluding carboxylic acids is 1. The van der Waals surface area contributed by atoms with E-state index in [4.69, 9.17) is 4.42 Å². The van der Waals surface area contributed by atoms with E-state index in [1.807, 2.05) is 43.3 Å². The maximum Gasteiger partial charge on any atom is 0.287 e. The molecule has 1 aromatic heterocycles. The largest absolute Gasteiger partial charge is 0.455 e. The van der Waals surface area contributed by atoms with E-state index in [0.717, 1.165) is 5.56 Å². The number of halogens is 1. The highest BCUT2D eigenvalue weighted by Crippen LogP contribution is 2.21. The summed E-state index contributed by atoms with van der Waals surface area (Å²) in [6.45, 7) is 1.93. The van der Waals surface area contributed by atoms with Crippen LogP contribution in [-0.2, 0) is 11.5 Å². The maximum absolute atomic E-state index is 13.6. The van der Waals surface area contributed by atoms with Crippen molar-refractivity contribution in [1.82, 2.24) is 5.32 Å². The third-order valence-corrected chi connectivity index (χ3v) is 5.00. The Morgan fingerprint density at radius 1 is 1.04 bits per heavy atom. The van der Waals surface area contributed by atoms with Crippen LogP contribution in [0.5, 0.6) is 0 Å². The van der Waals surface area contributed by atoms with Crippen molar-refractivity contribution in [2.24, 2.45) is 0 Å². The van der Waals surface area contributed by atoms with Crippen LogP contribution in [0.4, 0.5) is 4.39 Å². The minimum Gasteiger partial charge on any atom is -0.455 e. The van der Waals surface area contributed by atoms with Gasteiger partial charge in [-0.1, -0.05) is 48.5 Å². The summed E-state index contributed by atoms with van der Waals surface area (Å²) in [5.74, 6) is 1.68. The molecule has 0 unspecified atom stereocenters. The van der Waals surface area contributed by atoms with Crippen LogP contribution in [0.2, 0.25) is 0 Å². The first-order chi connectivity index (χ1) is 12.6. The number of nitrogens with one attached hydrogen (secondary N) is 1. The zero-order valence-electron chi connectivity index (χ0n) is 14.4. The number of furan rings is 1. The predicted octanol–water partition coefficient (Wildman–Crippen LogP) is 5.34. The summed E-state index contributed by atoms with van der Waals surface area (Å²) in [5.41, 5.74) is 1.70. The van der Waals surface area contributed by atoms with Crippen LogP contribution in [0.3, 0.4) is 0 Å². The van der Waals surface area contributed by atoms with Crippen LogP contribution < -0.4 is 5.32 Å². The molecule has 0 aliphatic rings. The van der Waals surface area contributed by atoms with Crippen LogP contribution in [0.25, 0.3) is 0 Å². The average molecular weight is 369 g/mol. The Hall–Kier alpha value is -2.53. The van der Waals surface area contributed by atoms with Gasteiger partial charge in [0.15, 0.2) is 5.76 Å². The Bertz CT molecular complexity index is 863. The molecular weight excluding hydrogens is 349 g/mol. The van der Waals surface area contributed by atoms with E-state index in [1.54, 1.807) is 36.0 Å². The number of benzene rings is 2. The molecular formula is C21H20FNO2S. The van der Waals surface area contributed by atoms with Crippen molar-refractivity contribution in [1.29, 1.82) is 0 Å². The molecule has 0 spiro atoms. The molecule has 0 saturated heterocycles. The molecule has 3 aromatic rings.